The molecule has 116 valence electrons. The van der Waals surface area contributed by atoms with Crippen molar-refractivity contribution < 1.29 is 14.7 Å². The average molecular weight is 322 g/mol. The first kappa shape index (κ1) is 14.8. The standard InChI is InChI=1S/C15H16ClN3O3/c1-2-5-18-8-15(14(21)22)9-19(7-11(15)13(18)20)12-4-3-10(16)6-17-12/h2-4,6,11H,1,5,7-9H2,(H,21,22)/t11-,15+/m0/s1. The van der Waals surface area contributed by atoms with Crippen LogP contribution in [-0.4, -0.2) is 53.0 Å². The van der Waals surface area contributed by atoms with E-state index in [1.54, 1.807) is 23.1 Å². The fraction of sp³-hybridized carbons (Fsp3) is 0.400. The van der Waals surface area contributed by atoms with E-state index in [9.17, 15) is 14.7 Å². The predicted molar refractivity (Wildman–Crippen MR) is 81.8 cm³/mol. The third-order valence-corrected chi connectivity index (χ3v) is 4.66. The van der Waals surface area contributed by atoms with Gasteiger partial charge in [0.2, 0.25) is 5.91 Å². The van der Waals surface area contributed by atoms with E-state index >= 15 is 0 Å². The number of fused-ring (bicyclic) bond motifs is 1. The lowest BCUT2D eigenvalue weighted by atomic mass is 9.81. The number of carboxylic acid groups (broad SMARTS) is 1. The van der Waals surface area contributed by atoms with Crippen molar-refractivity contribution in [3.05, 3.63) is 36.0 Å². The van der Waals surface area contributed by atoms with E-state index < -0.39 is 17.3 Å². The number of aliphatic carboxylic acids is 1. The Labute approximate surface area is 133 Å². The summed E-state index contributed by atoms with van der Waals surface area (Å²) in [6.07, 6.45) is 3.14. The van der Waals surface area contributed by atoms with Gasteiger partial charge < -0.3 is 14.9 Å². The van der Waals surface area contributed by atoms with Gasteiger partial charge >= 0.3 is 5.97 Å². The van der Waals surface area contributed by atoms with Crippen LogP contribution in [0.2, 0.25) is 5.02 Å². The van der Waals surface area contributed by atoms with Gasteiger partial charge in [-0.25, -0.2) is 4.98 Å². The summed E-state index contributed by atoms with van der Waals surface area (Å²) in [6, 6.07) is 3.45. The molecule has 22 heavy (non-hydrogen) atoms. The van der Waals surface area contributed by atoms with Gasteiger partial charge in [0, 0.05) is 32.4 Å². The molecule has 0 aliphatic carbocycles. The number of carboxylic acids is 1. The molecular weight excluding hydrogens is 306 g/mol. The molecule has 1 amide bonds. The summed E-state index contributed by atoms with van der Waals surface area (Å²) in [6.45, 7) is 4.82. The van der Waals surface area contributed by atoms with Crippen LogP contribution in [0.1, 0.15) is 0 Å². The summed E-state index contributed by atoms with van der Waals surface area (Å²) < 4.78 is 0. The van der Waals surface area contributed by atoms with Crippen LogP contribution < -0.4 is 4.90 Å². The number of hydrogen-bond donors (Lipinski definition) is 1. The maximum absolute atomic E-state index is 12.5. The lowest BCUT2D eigenvalue weighted by Gasteiger charge is -2.25. The minimum atomic E-state index is -1.08. The number of pyridine rings is 1. The predicted octanol–water partition coefficient (Wildman–Crippen LogP) is 1.27. The van der Waals surface area contributed by atoms with Crippen LogP contribution in [0, 0.1) is 11.3 Å². The maximum Gasteiger partial charge on any atom is 0.314 e. The van der Waals surface area contributed by atoms with Crippen LogP contribution in [0.15, 0.2) is 31.0 Å². The zero-order valence-electron chi connectivity index (χ0n) is 11.9. The Morgan fingerprint density at radius 3 is 2.86 bits per heavy atom. The van der Waals surface area contributed by atoms with Crippen LogP contribution in [-0.2, 0) is 9.59 Å². The first-order valence-electron chi connectivity index (χ1n) is 6.97. The number of amides is 1. The number of anilines is 1. The molecule has 0 saturated carbocycles. The molecule has 2 fully saturated rings. The smallest absolute Gasteiger partial charge is 0.314 e. The van der Waals surface area contributed by atoms with Crippen molar-refractivity contribution in [3.8, 4) is 0 Å². The minimum Gasteiger partial charge on any atom is -0.481 e. The van der Waals surface area contributed by atoms with Crippen molar-refractivity contribution in [2.45, 2.75) is 0 Å². The minimum absolute atomic E-state index is 0.126. The molecule has 0 radical (unpaired) electrons. The number of halogens is 1. The van der Waals surface area contributed by atoms with Crippen molar-refractivity contribution in [2.75, 3.05) is 31.1 Å². The van der Waals surface area contributed by atoms with Crippen molar-refractivity contribution >= 4 is 29.3 Å². The van der Waals surface area contributed by atoms with Gasteiger partial charge in [0.1, 0.15) is 11.2 Å². The third-order valence-electron chi connectivity index (χ3n) is 4.44. The first-order valence-corrected chi connectivity index (χ1v) is 7.35. The van der Waals surface area contributed by atoms with Gasteiger partial charge in [-0.1, -0.05) is 17.7 Å². The monoisotopic (exact) mass is 321 g/mol. The van der Waals surface area contributed by atoms with E-state index in [1.807, 2.05) is 4.90 Å². The highest BCUT2D eigenvalue weighted by atomic mass is 35.5. The molecule has 0 aromatic carbocycles. The average Bonchev–Trinajstić information content (AvgIpc) is 2.98. The topological polar surface area (TPSA) is 73.7 Å². The number of carbonyl (C=O) groups is 2. The first-order chi connectivity index (χ1) is 10.5. The third kappa shape index (κ3) is 2.14. The molecule has 3 rings (SSSR count). The second-order valence-electron chi connectivity index (χ2n) is 5.74. The van der Waals surface area contributed by atoms with Gasteiger partial charge in [0.05, 0.1) is 10.9 Å². The Balaban J connectivity index is 1.89. The lowest BCUT2D eigenvalue weighted by Crippen LogP contribution is -2.41. The summed E-state index contributed by atoms with van der Waals surface area (Å²) in [7, 11) is 0. The molecule has 2 aliphatic rings. The zero-order valence-corrected chi connectivity index (χ0v) is 12.7. The van der Waals surface area contributed by atoms with Gasteiger partial charge in [-0.15, -0.1) is 6.58 Å². The molecule has 2 aliphatic heterocycles. The molecule has 3 heterocycles. The van der Waals surface area contributed by atoms with Gasteiger partial charge in [0.15, 0.2) is 0 Å². The molecule has 0 spiro atoms. The molecule has 7 heteroatoms. The molecule has 0 unspecified atom stereocenters. The quantitative estimate of drug-likeness (QED) is 0.845. The fourth-order valence-corrected chi connectivity index (χ4v) is 3.46. The molecule has 2 atom stereocenters. The van der Waals surface area contributed by atoms with E-state index in [1.165, 1.54) is 6.20 Å². The number of aromatic nitrogens is 1. The summed E-state index contributed by atoms with van der Waals surface area (Å²) in [5.41, 5.74) is -1.08. The van der Waals surface area contributed by atoms with E-state index in [2.05, 4.69) is 11.6 Å². The summed E-state index contributed by atoms with van der Waals surface area (Å²) in [5.74, 6) is -0.974. The van der Waals surface area contributed by atoms with Gasteiger partial charge in [0.25, 0.3) is 0 Å². The zero-order chi connectivity index (χ0) is 15.9. The van der Waals surface area contributed by atoms with Crippen LogP contribution in [0.3, 0.4) is 0 Å². The van der Waals surface area contributed by atoms with Gasteiger partial charge in [-0.05, 0) is 12.1 Å². The summed E-state index contributed by atoms with van der Waals surface area (Å²) >= 11 is 5.82. The Kier molecular flexibility index (Phi) is 3.56. The van der Waals surface area contributed by atoms with Crippen LogP contribution in [0.25, 0.3) is 0 Å². The fourth-order valence-electron chi connectivity index (χ4n) is 3.35. The number of likely N-dealkylation sites (tertiary alicyclic amines) is 1. The number of rotatable bonds is 4. The number of hydrogen-bond acceptors (Lipinski definition) is 4. The number of carbonyl (C=O) groups excluding carboxylic acids is 1. The van der Waals surface area contributed by atoms with E-state index in [0.717, 1.165) is 0 Å². The normalized spacial score (nSPS) is 27.1. The molecule has 1 aromatic heterocycles. The van der Waals surface area contributed by atoms with Crippen molar-refractivity contribution in [1.82, 2.24) is 9.88 Å². The van der Waals surface area contributed by atoms with Crippen LogP contribution in [0.4, 0.5) is 5.82 Å². The second-order valence-corrected chi connectivity index (χ2v) is 6.17. The Bertz CT molecular complexity index is 633. The SMILES string of the molecule is C=CCN1C[C@@]2(C(=O)O)CN(c3ccc(Cl)cn3)C[C@H]2C1=O. The molecule has 6 nitrogen and oxygen atoms in total. The molecule has 1 aromatic rings. The van der Waals surface area contributed by atoms with Crippen molar-refractivity contribution in [3.63, 3.8) is 0 Å². The molecular formula is C15H16ClN3O3. The van der Waals surface area contributed by atoms with E-state index in [-0.39, 0.29) is 19.0 Å². The van der Waals surface area contributed by atoms with Crippen molar-refractivity contribution in [1.29, 1.82) is 0 Å². The summed E-state index contributed by atoms with van der Waals surface area (Å²) in [5, 5.41) is 10.2. The Morgan fingerprint density at radius 2 is 2.32 bits per heavy atom. The molecule has 2 saturated heterocycles. The van der Waals surface area contributed by atoms with E-state index in [0.29, 0.717) is 23.9 Å². The molecule has 0 bridgehead atoms. The Morgan fingerprint density at radius 1 is 1.55 bits per heavy atom. The Hall–Kier alpha value is -2.08. The number of nitrogens with zero attached hydrogens (tertiary/aromatic N) is 3. The van der Waals surface area contributed by atoms with Crippen LogP contribution >= 0.6 is 11.6 Å². The molecule has 1 N–H and O–H groups in total. The summed E-state index contributed by atoms with van der Waals surface area (Å²) in [4.78, 5) is 32.0. The highest BCUT2D eigenvalue weighted by molar-refractivity contribution is 6.30. The highest BCUT2D eigenvalue weighted by Crippen LogP contribution is 2.44. The largest absolute Gasteiger partial charge is 0.481 e. The van der Waals surface area contributed by atoms with Crippen molar-refractivity contribution in [2.24, 2.45) is 11.3 Å². The van der Waals surface area contributed by atoms with Crippen LogP contribution in [0.5, 0.6) is 0 Å². The van der Waals surface area contributed by atoms with Gasteiger partial charge in [-0.3, -0.25) is 9.59 Å². The maximum atomic E-state index is 12.5. The second kappa shape index (κ2) is 5.28. The van der Waals surface area contributed by atoms with E-state index in [4.69, 9.17) is 11.6 Å². The lowest BCUT2D eigenvalue weighted by molar-refractivity contribution is -0.149. The highest BCUT2D eigenvalue weighted by Gasteiger charge is 2.62. The van der Waals surface area contributed by atoms with Gasteiger partial charge in [-0.2, -0.15) is 0 Å².